The fourth-order valence-electron chi connectivity index (χ4n) is 2.05. The molecule has 106 valence electrons. The molecule has 8 heteroatoms. The van der Waals surface area contributed by atoms with Gasteiger partial charge in [0, 0.05) is 31.5 Å². The maximum Gasteiger partial charge on any atom is 0.161 e. The summed E-state index contributed by atoms with van der Waals surface area (Å²) in [5.41, 5.74) is 0.497. The molecule has 1 saturated heterocycles. The van der Waals surface area contributed by atoms with Crippen LogP contribution in [0.2, 0.25) is 0 Å². The third-order valence-corrected chi connectivity index (χ3v) is 4.86. The molecule has 1 aliphatic rings. The molecule has 1 fully saturated rings. The van der Waals surface area contributed by atoms with E-state index in [4.69, 9.17) is 0 Å². The van der Waals surface area contributed by atoms with Gasteiger partial charge in [0.2, 0.25) is 0 Å². The fraction of sp³-hybridized carbons (Fsp3) is 0.333. The van der Waals surface area contributed by atoms with Gasteiger partial charge >= 0.3 is 0 Å². The van der Waals surface area contributed by atoms with E-state index in [9.17, 15) is 17.2 Å². The lowest BCUT2D eigenvalue weighted by Crippen LogP contribution is -2.54. The van der Waals surface area contributed by atoms with Gasteiger partial charge in [-0.15, -0.1) is 0 Å². The average Bonchev–Trinajstić information content (AvgIpc) is 2.27. The predicted octanol–water partition coefficient (Wildman–Crippen LogP) is 1.14. The van der Waals surface area contributed by atoms with Gasteiger partial charge in [-0.25, -0.2) is 22.2 Å². The maximum atomic E-state index is 13.2. The van der Waals surface area contributed by atoms with Crippen molar-refractivity contribution >= 4 is 26.7 Å². The first kappa shape index (κ1) is 13.2. The summed E-state index contributed by atoms with van der Waals surface area (Å²) in [5.74, 6) is -1.49. The molecule has 2 heterocycles. The summed E-state index contributed by atoms with van der Waals surface area (Å²) < 4.78 is 48.9. The van der Waals surface area contributed by atoms with Crippen molar-refractivity contribution in [2.75, 3.05) is 24.2 Å². The standard InChI is InChI=1S/C12H11F2N3O2S/c1-20(18,19)7-5-17(6-7)12-4-15-10-2-8(13)9(14)3-11(10)16-12/h2-4,7H,5-6H2,1H3. The lowest BCUT2D eigenvalue weighted by Gasteiger charge is -2.38. The van der Waals surface area contributed by atoms with Crippen LogP contribution in [-0.4, -0.2) is 43.0 Å². The molecule has 0 N–H and O–H groups in total. The molecule has 5 nitrogen and oxygen atoms in total. The Kier molecular flexibility index (Phi) is 2.86. The summed E-state index contributed by atoms with van der Waals surface area (Å²) in [7, 11) is -3.06. The minimum Gasteiger partial charge on any atom is -0.353 e. The van der Waals surface area contributed by atoms with Crippen molar-refractivity contribution in [3.8, 4) is 0 Å². The maximum absolute atomic E-state index is 13.2. The molecule has 0 bridgehead atoms. The first-order chi connectivity index (χ1) is 9.34. The Morgan fingerprint density at radius 2 is 1.80 bits per heavy atom. The van der Waals surface area contributed by atoms with Gasteiger partial charge in [0.1, 0.15) is 5.82 Å². The average molecular weight is 299 g/mol. The van der Waals surface area contributed by atoms with E-state index in [-0.39, 0.29) is 11.0 Å². The fourth-order valence-corrected chi connectivity index (χ4v) is 2.95. The van der Waals surface area contributed by atoms with Crippen molar-refractivity contribution < 1.29 is 17.2 Å². The summed E-state index contributed by atoms with van der Waals surface area (Å²) in [6.07, 6.45) is 2.62. The number of hydrogen-bond donors (Lipinski definition) is 0. The van der Waals surface area contributed by atoms with E-state index in [1.54, 1.807) is 4.90 Å². The quantitative estimate of drug-likeness (QED) is 0.832. The number of fused-ring (bicyclic) bond motifs is 1. The Labute approximate surface area is 114 Å². The Bertz CT molecular complexity index is 789. The summed E-state index contributed by atoms with van der Waals surface area (Å²) >= 11 is 0. The van der Waals surface area contributed by atoms with E-state index in [2.05, 4.69) is 9.97 Å². The summed E-state index contributed by atoms with van der Waals surface area (Å²) in [5, 5.41) is -0.412. The molecule has 20 heavy (non-hydrogen) atoms. The second-order valence-electron chi connectivity index (χ2n) is 4.84. The Balaban J connectivity index is 1.90. The van der Waals surface area contributed by atoms with E-state index >= 15 is 0 Å². The first-order valence-electron chi connectivity index (χ1n) is 5.90. The number of anilines is 1. The summed E-state index contributed by atoms with van der Waals surface area (Å²) in [6.45, 7) is 0.672. The van der Waals surface area contributed by atoms with Crippen molar-refractivity contribution in [1.29, 1.82) is 0 Å². The molecule has 0 aliphatic carbocycles. The molecule has 1 aromatic carbocycles. The lowest BCUT2D eigenvalue weighted by atomic mass is 10.2. The van der Waals surface area contributed by atoms with Crippen LogP contribution in [0.4, 0.5) is 14.6 Å². The largest absolute Gasteiger partial charge is 0.353 e. The molecule has 0 unspecified atom stereocenters. The van der Waals surface area contributed by atoms with Crippen LogP contribution in [-0.2, 0) is 9.84 Å². The molecule has 1 aliphatic heterocycles. The van der Waals surface area contributed by atoms with Crippen LogP contribution in [0.3, 0.4) is 0 Å². The van der Waals surface area contributed by atoms with Gasteiger partial charge in [-0.2, -0.15) is 0 Å². The lowest BCUT2D eigenvalue weighted by molar-refractivity contribution is 0.510. The third kappa shape index (κ3) is 2.20. The van der Waals surface area contributed by atoms with Crippen LogP contribution in [0, 0.1) is 11.6 Å². The number of benzene rings is 1. The molecular formula is C12H11F2N3O2S. The van der Waals surface area contributed by atoms with E-state index in [1.807, 2.05) is 0 Å². The minimum atomic E-state index is -3.06. The van der Waals surface area contributed by atoms with Gasteiger partial charge in [0.15, 0.2) is 21.5 Å². The minimum absolute atomic E-state index is 0.240. The highest BCUT2D eigenvalue weighted by Crippen LogP contribution is 2.24. The Morgan fingerprint density at radius 3 is 2.40 bits per heavy atom. The van der Waals surface area contributed by atoms with Crippen LogP contribution < -0.4 is 4.90 Å². The smallest absolute Gasteiger partial charge is 0.161 e. The number of aromatic nitrogens is 2. The summed E-state index contributed by atoms with van der Waals surface area (Å²) in [4.78, 5) is 9.93. The van der Waals surface area contributed by atoms with Crippen molar-refractivity contribution in [1.82, 2.24) is 9.97 Å². The zero-order chi connectivity index (χ0) is 14.5. The number of rotatable bonds is 2. The SMILES string of the molecule is CS(=O)(=O)C1CN(c2cnc3cc(F)c(F)cc3n2)C1. The predicted molar refractivity (Wildman–Crippen MR) is 70.3 cm³/mol. The monoisotopic (exact) mass is 299 g/mol. The van der Waals surface area contributed by atoms with Crippen molar-refractivity contribution in [3.05, 3.63) is 30.0 Å². The van der Waals surface area contributed by atoms with E-state index in [0.717, 1.165) is 12.1 Å². The van der Waals surface area contributed by atoms with Crippen molar-refractivity contribution in [2.45, 2.75) is 5.25 Å². The van der Waals surface area contributed by atoms with Crippen LogP contribution in [0.15, 0.2) is 18.3 Å². The second kappa shape index (κ2) is 4.34. The highest BCUT2D eigenvalue weighted by molar-refractivity contribution is 7.91. The molecule has 1 aromatic heterocycles. The zero-order valence-corrected chi connectivity index (χ0v) is 11.4. The molecule has 0 saturated carbocycles. The highest BCUT2D eigenvalue weighted by Gasteiger charge is 2.35. The molecule has 3 rings (SSSR count). The molecule has 0 radical (unpaired) electrons. The summed E-state index contributed by atoms with van der Waals surface area (Å²) in [6, 6.07) is 1.96. The van der Waals surface area contributed by atoms with Crippen molar-refractivity contribution in [2.24, 2.45) is 0 Å². The van der Waals surface area contributed by atoms with Crippen LogP contribution in [0.5, 0.6) is 0 Å². The topological polar surface area (TPSA) is 63.2 Å². The molecule has 2 aromatic rings. The number of sulfone groups is 1. The van der Waals surface area contributed by atoms with Crippen molar-refractivity contribution in [3.63, 3.8) is 0 Å². The molecular weight excluding hydrogens is 288 g/mol. The van der Waals surface area contributed by atoms with Crippen LogP contribution in [0.1, 0.15) is 0 Å². The van der Waals surface area contributed by atoms with Crippen LogP contribution >= 0.6 is 0 Å². The van der Waals surface area contributed by atoms with Gasteiger partial charge in [-0.05, 0) is 0 Å². The Hall–Kier alpha value is -1.83. The molecule has 0 amide bonds. The highest BCUT2D eigenvalue weighted by atomic mass is 32.2. The molecule has 0 atom stereocenters. The number of halogens is 2. The van der Waals surface area contributed by atoms with Gasteiger partial charge < -0.3 is 4.90 Å². The van der Waals surface area contributed by atoms with Crippen LogP contribution in [0.25, 0.3) is 11.0 Å². The van der Waals surface area contributed by atoms with E-state index in [1.165, 1.54) is 12.5 Å². The van der Waals surface area contributed by atoms with Gasteiger partial charge in [-0.1, -0.05) is 0 Å². The van der Waals surface area contributed by atoms with E-state index < -0.39 is 26.7 Å². The number of nitrogens with zero attached hydrogens (tertiary/aromatic N) is 3. The number of hydrogen-bond acceptors (Lipinski definition) is 5. The third-order valence-electron chi connectivity index (χ3n) is 3.35. The van der Waals surface area contributed by atoms with Gasteiger partial charge in [-0.3, -0.25) is 4.98 Å². The zero-order valence-electron chi connectivity index (χ0n) is 10.5. The van der Waals surface area contributed by atoms with Gasteiger partial charge in [0.25, 0.3) is 0 Å². The second-order valence-corrected chi connectivity index (χ2v) is 7.17. The molecule has 0 spiro atoms. The Morgan fingerprint density at radius 1 is 1.20 bits per heavy atom. The normalized spacial score (nSPS) is 16.4. The first-order valence-corrected chi connectivity index (χ1v) is 7.85. The van der Waals surface area contributed by atoms with E-state index in [0.29, 0.717) is 18.9 Å². The van der Waals surface area contributed by atoms with Gasteiger partial charge in [0.05, 0.1) is 22.5 Å².